The summed E-state index contributed by atoms with van der Waals surface area (Å²) in [7, 11) is 0. The maximum atomic E-state index is 13.3. The van der Waals surface area contributed by atoms with Crippen LogP contribution in [-0.4, -0.2) is 34.6 Å². The molecule has 1 saturated heterocycles. The van der Waals surface area contributed by atoms with Crippen LogP contribution in [0.3, 0.4) is 0 Å². The van der Waals surface area contributed by atoms with Gasteiger partial charge in [-0.2, -0.15) is 13.2 Å². The molecule has 2 rings (SSSR count). The van der Waals surface area contributed by atoms with Crippen molar-refractivity contribution < 1.29 is 22.9 Å². The van der Waals surface area contributed by atoms with Crippen LogP contribution in [0.1, 0.15) is 19.4 Å². The maximum absolute atomic E-state index is 13.3. The molecule has 9 heteroatoms. The van der Waals surface area contributed by atoms with E-state index in [9.17, 15) is 28.1 Å². The van der Waals surface area contributed by atoms with Crippen molar-refractivity contribution >= 4 is 11.6 Å². The number of amides is 1. The Bertz CT molecular complexity index is 614. The number of halogens is 3. The Balaban J connectivity index is 2.20. The molecule has 1 amide bonds. The average Bonchev–Trinajstić information content (AvgIpc) is 2.69. The lowest BCUT2D eigenvalue weighted by Crippen LogP contribution is -2.51. The zero-order valence-electron chi connectivity index (χ0n) is 12.6. The van der Waals surface area contributed by atoms with Crippen molar-refractivity contribution in [3.63, 3.8) is 0 Å². The second-order valence-electron chi connectivity index (χ2n) is 6.14. The van der Waals surface area contributed by atoms with Gasteiger partial charge in [0, 0.05) is 18.7 Å². The van der Waals surface area contributed by atoms with Crippen molar-refractivity contribution in [2.24, 2.45) is 5.41 Å². The summed E-state index contributed by atoms with van der Waals surface area (Å²) in [4.78, 5) is 21.7. The molecule has 1 aromatic rings. The highest BCUT2D eigenvalue weighted by Crippen LogP contribution is 2.32. The van der Waals surface area contributed by atoms with E-state index >= 15 is 0 Å². The number of non-ortho nitro benzene ring substituents is 1. The second-order valence-corrected chi connectivity index (χ2v) is 6.14. The van der Waals surface area contributed by atoms with Gasteiger partial charge < -0.3 is 0 Å². The molecule has 1 aromatic carbocycles. The fourth-order valence-corrected chi connectivity index (χ4v) is 2.39. The minimum Gasteiger partial charge on any atom is -0.288 e. The van der Waals surface area contributed by atoms with E-state index in [0.29, 0.717) is 5.56 Å². The largest absolute Gasteiger partial charge is 0.406 e. The van der Waals surface area contributed by atoms with Crippen molar-refractivity contribution in [1.82, 2.24) is 10.4 Å². The Kier molecular flexibility index (Phi) is 4.34. The maximum Gasteiger partial charge on any atom is 0.406 e. The Morgan fingerprint density at radius 2 is 1.91 bits per heavy atom. The molecule has 0 aliphatic carbocycles. The predicted octanol–water partition coefficient (Wildman–Crippen LogP) is 2.44. The molecule has 0 spiro atoms. The molecule has 0 saturated carbocycles. The number of rotatable bonds is 4. The van der Waals surface area contributed by atoms with Crippen LogP contribution in [0.2, 0.25) is 0 Å². The van der Waals surface area contributed by atoms with Crippen molar-refractivity contribution in [2.75, 3.05) is 6.54 Å². The van der Waals surface area contributed by atoms with Gasteiger partial charge in [-0.15, -0.1) is 0 Å². The first kappa shape index (κ1) is 17.2. The third-order valence-corrected chi connectivity index (χ3v) is 3.76. The third kappa shape index (κ3) is 3.79. The van der Waals surface area contributed by atoms with Crippen LogP contribution in [0.25, 0.3) is 0 Å². The van der Waals surface area contributed by atoms with E-state index in [1.807, 2.05) is 0 Å². The van der Waals surface area contributed by atoms with Gasteiger partial charge >= 0.3 is 6.18 Å². The van der Waals surface area contributed by atoms with Gasteiger partial charge in [-0.25, -0.2) is 5.01 Å². The van der Waals surface area contributed by atoms with E-state index in [-0.39, 0.29) is 12.2 Å². The molecular formula is C14H16F3N3O3. The first-order chi connectivity index (χ1) is 10.5. The number of nitro groups is 1. The summed E-state index contributed by atoms with van der Waals surface area (Å²) in [6, 6.07) is 3.01. The minimum absolute atomic E-state index is 0.0665. The van der Waals surface area contributed by atoms with Gasteiger partial charge in [0.2, 0.25) is 5.91 Å². The highest BCUT2D eigenvalue weighted by atomic mass is 19.4. The first-order valence-corrected chi connectivity index (χ1v) is 6.88. The Morgan fingerprint density at radius 1 is 1.35 bits per heavy atom. The van der Waals surface area contributed by atoms with Crippen LogP contribution in [0.15, 0.2) is 24.3 Å². The van der Waals surface area contributed by atoms with E-state index in [4.69, 9.17) is 0 Å². The van der Waals surface area contributed by atoms with Crippen LogP contribution in [0, 0.1) is 15.5 Å². The topological polar surface area (TPSA) is 75.5 Å². The van der Waals surface area contributed by atoms with Gasteiger partial charge in [-0.05, 0) is 25.8 Å². The molecule has 1 aliphatic heterocycles. The molecule has 1 fully saturated rings. The van der Waals surface area contributed by atoms with Crippen molar-refractivity contribution in [2.45, 2.75) is 32.5 Å². The highest BCUT2D eigenvalue weighted by Gasteiger charge is 2.50. The second kappa shape index (κ2) is 5.80. The molecule has 1 heterocycles. The predicted molar refractivity (Wildman–Crippen MR) is 75.3 cm³/mol. The van der Waals surface area contributed by atoms with Crippen LogP contribution in [-0.2, 0) is 11.2 Å². The smallest absolute Gasteiger partial charge is 0.288 e. The number of carbonyl (C=O) groups is 1. The van der Waals surface area contributed by atoms with Crippen LogP contribution >= 0.6 is 0 Å². The fraction of sp³-hybridized carbons (Fsp3) is 0.500. The van der Waals surface area contributed by atoms with Gasteiger partial charge in [-0.3, -0.25) is 20.3 Å². The summed E-state index contributed by atoms with van der Waals surface area (Å²) in [5.74, 6) is -0.463. The molecule has 0 aromatic heterocycles. The zero-order chi connectivity index (χ0) is 17.4. The number of hydrogen-bond donors (Lipinski definition) is 1. The summed E-state index contributed by atoms with van der Waals surface area (Å²) >= 11 is 0. The molecule has 1 N–H and O–H groups in total. The van der Waals surface area contributed by atoms with Gasteiger partial charge in [0.1, 0.15) is 6.04 Å². The van der Waals surface area contributed by atoms with Crippen molar-refractivity contribution in [3.05, 3.63) is 39.9 Å². The van der Waals surface area contributed by atoms with E-state index in [1.165, 1.54) is 12.1 Å². The molecule has 23 heavy (non-hydrogen) atoms. The summed E-state index contributed by atoms with van der Waals surface area (Å²) < 4.78 is 40.0. The Morgan fingerprint density at radius 3 is 2.30 bits per heavy atom. The number of nitrogens with one attached hydrogen (secondary N) is 1. The summed E-state index contributed by atoms with van der Waals surface area (Å²) in [6.45, 7) is 3.08. The SMILES string of the molecule is CC1(C)CN([C@@H](Cc2ccc([N+](=O)[O-])cc2)C(F)(F)F)NC1=O. The van der Waals surface area contributed by atoms with Gasteiger partial charge in [0.25, 0.3) is 5.69 Å². The normalized spacial score (nSPS) is 19.4. The summed E-state index contributed by atoms with van der Waals surface area (Å²) in [6.07, 6.45) is -4.95. The molecule has 0 bridgehead atoms. The lowest BCUT2D eigenvalue weighted by molar-refractivity contribution is -0.384. The molecule has 6 nitrogen and oxygen atoms in total. The lowest BCUT2D eigenvalue weighted by Gasteiger charge is -2.29. The molecule has 0 unspecified atom stereocenters. The van der Waals surface area contributed by atoms with Gasteiger partial charge in [0.05, 0.1) is 10.3 Å². The van der Waals surface area contributed by atoms with Crippen LogP contribution in [0.4, 0.5) is 18.9 Å². The number of hydrazine groups is 1. The van der Waals surface area contributed by atoms with Crippen LogP contribution in [0.5, 0.6) is 0 Å². The Labute approximate surface area is 130 Å². The summed E-state index contributed by atoms with van der Waals surface area (Å²) in [5.41, 5.74) is 1.48. The average molecular weight is 331 g/mol. The lowest BCUT2D eigenvalue weighted by atomic mass is 9.94. The van der Waals surface area contributed by atoms with Crippen molar-refractivity contribution in [3.8, 4) is 0 Å². The number of hydrogen-bond acceptors (Lipinski definition) is 4. The molecule has 1 atom stereocenters. The number of nitrogens with zero attached hydrogens (tertiary/aromatic N) is 2. The van der Waals surface area contributed by atoms with Crippen LogP contribution < -0.4 is 5.43 Å². The van der Waals surface area contributed by atoms with E-state index in [0.717, 1.165) is 17.1 Å². The monoisotopic (exact) mass is 331 g/mol. The minimum atomic E-state index is -4.55. The highest BCUT2D eigenvalue weighted by molar-refractivity contribution is 5.83. The quantitative estimate of drug-likeness (QED) is 0.679. The molecule has 1 aliphatic rings. The van der Waals surface area contributed by atoms with Gasteiger partial charge in [-0.1, -0.05) is 12.1 Å². The standard InChI is InChI=1S/C14H16F3N3O3/c1-13(2)8-19(18-12(13)21)11(14(15,16)17)7-9-3-5-10(6-4-9)20(22)23/h3-6,11H,7-8H2,1-2H3,(H,18,21)/t11-/m0/s1. The number of nitro benzene ring substituents is 1. The first-order valence-electron chi connectivity index (χ1n) is 6.88. The van der Waals surface area contributed by atoms with Crippen molar-refractivity contribution in [1.29, 1.82) is 0 Å². The molecule has 0 radical (unpaired) electrons. The fourth-order valence-electron chi connectivity index (χ4n) is 2.39. The zero-order valence-corrected chi connectivity index (χ0v) is 12.6. The van der Waals surface area contributed by atoms with E-state index in [2.05, 4.69) is 5.43 Å². The summed E-state index contributed by atoms with van der Waals surface area (Å²) in [5, 5.41) is 11.5. The number of alkyl halides is 3. The van der Waals surface area contributed by atoms with E-state index in [1.54, 1.807) is 13.8 Å². The molecule has 126 valence electrons. The number of carbonyl (C=O) groups excluding carboxylic acids is 1. The third-order valence-electron chi connectivity index (χ3n) is 3.76. The van der Waals surface area contributed by atoms with E-state index < -0.39 is 34.9 Å². The Hall–Kier alpha value is -2.16. The van der Waals surface area contributed by atoms with Gasteiger partial charge in [0.15, 0.2) is 0 Å². The number of benzene rings is 1. The molecular weight excluding hydrogens is 315 g/mol.